The molecule has 172 valence electrons. The van der Waals surface area contributed by atoms with E-state index >= 15 is 0 Å². The van der Waals surface area contributed by atoms with Gasteiger partial charge < -0.3 is 9.47 Å². The molecule has 0 N–H and O–H groups in total. The van der Waals surface area contributed by atoms with Gasteiger partial charge in [0.1, 0.15) is 18.1 Å². The summed E-state index contributed by atoms with van der Waals surface area (Å²) in [6.07, 6.45) is 8.76. The summed E-state index contributed by atoms with van der Waals surface area (Å²) >= 11 is 0. The zero-order chi connectivity index (χ0) is 22.3. The van der Waals surface area contributed by atoms with Gasteiger partial charge in [0.25, 0.3) is 0 Å². The molecule has 0 aliphatic rings. The molecule has 0 radical (unpaired) electrons. The minimum absolute atomic E-state index is 0.321. The molecule has 1 aromatic carbocycles. The van der Waals surface area contributed by atoms with Crippen LogP contribution in [0.25, 0.3) is 11.4 Å². The molecule has 0 fully saturated rings. The highest BCUT2D eigenvalue weighted by Gasteiger charge is 2.08. The smallest absolute Gasteiger partial charge is 0.159 e. The van der Waals surface area contributed by atoms with Gasteiger partial charge in [-0.2, -0.15) is 0 Å². The van der Waals surface area contributed by atoms with E-state index in [0.717, 1.165) is 31.2 Å². The summed E-state index contributed by atoms with van der Waals surface area (Å²) in [5.74, 6) is 1.81. The van der Waals surface area contributed by atoms with E-state index < -0.39 is 12.3 Å². The highest BCUT2D eigenvalue weighted by atomic mass is 19.1. The second-order valence-electron chi connectivity index (χ2n) is 7.87. The number of hydrogen-bond acceptors (Lipinski definition) is 4. The van der Waals surface area contributed by atoms with Crippen molar-refractivity contribution < 1.29 is 18.3 Å². The topological polar surface area (TPSA) is 44.2 Å². The number of hydrogen-bond donors (Lipinski definition) is 0. The molecule has 2 atom stereocenters. The highest BCUT2D eigenvalue weighted by Crippen LogP contribution is 2.21. The Morgan fingerprint density at radius 2 is 1.32 bits per heavy atom. The lowest BCUT2D eigenvalue weighted by atomic mass is 10.1. The van der Waals surface area contributed by atoms with Crippen molar-refractivity contribution in [3.05, 3.63) is 36.7 Å². The third kappa shape index (κ3) is 10.1. The fraction of sp³-hybridized carbons (Fsp3) is 0.600. The summed E-state index contributed by atoms with van der Waals surface area (Å²) in [7, 11) is 0. The fourth-order valence-electron chi connectivity index (χ4n) is 3.24. The summed E-state index contributed by atoms with van der Waals surface area (Å²) in [4.78, 5) is 8.66. The van der Waals surface area contributed by atoms with Gasteiger partial charge >= 0.3 is 0 Å². The summed E-state index contributed by atoms with van der Waals surface area (Å²) in [5, 5.41) is 0. The minimum Gasteiger partial charge on any atom is -0.493 e. The highest BCUT2D eigenvalue weighted by molar-refractivity contribution is 5.56. The van der Waals surface area contributed by atoms with Crippen molar-refractivity contribution >= 4 is 0 Å². The Labute approximate surface area is 185 Å². The van der Waals surface area contributed by atoms with Crippen molar-refractivity contribution in [1.29, 1.82) is 0 Å². The predicted molar refractivity (Wildman–Crippen MR) is 121 cm³/mol. The van der Waals surface area contributed by atoms with Crippen LogP contribution in [0, 0.1) is 0 Å². The van der Waals surface area contributed by atoms with Gasteiger partial charge in [0.2, 0.25) is 0 Å². The van der Waals surface area contributed by atoms with Gasteiger partial charge in [-0.25, -0.2) is 18.7 Å². The Bertz CT molecular complexity index is 710. The van der Waals surface area contributed by atoms with Crippen molar-refractivity contribution in [2.45, 2.75) is 84.0 Å². The molecule has 0 bridgehead atoms. The number of unbranched alkanes of at least 4 members (excludes halogenated alkanes) is 3. The maximum atomic E-state index is 13.9. The van der Waals surface area contributed by atoms with E-state index in [9.17, 15) is 8.78 Å². The van der Waals surface area contributed by atoms with E-state index in [-0.39, 0.29) is 0 Å². The zero-order valence-corrected chi connectivity index (χ0v) is 18.9. The van der Waals surface area contributed by atoms with E-state index in [1.165, 1.54) is 6.42 Å². The number of nitrogens with zero attached hydrogens (tertiary/aromatic N) is 2. The molecule has 2 aromatic rings. The molecule has 0 spiro atoms. The molecule has 1 heterocycles. The van der Waals surface area contributed by atoms with Gasteiger partial charge in [-0.1, -0.05) is 46.0 Å². The normalized spacial score (nSPS) is 13.0. The third-order valence-electron chi connectivity index (χ3n) is 5.11. The second kappa shape index (κ2) is 14.7. The predicted octanol–water partition coefficient (Wildman–Crippen LogP) is 7.13. The molecule has 31 heavy (non-hydrogen) atoms. The second-order valence-corrected chi connectivity index (χ2v) is 7.87. The fourth-order valence-corrected chi connectivity index (χ4v) is 3.24. The third-order valence-corrected chi connectivity index (χ3v) is 5.11. The minimum atomic E-state index is -0.819. The van der Waals surface area contributed by atoms with Crippen LogP contribution in [-0.2, 0) is 0 Å². The van der Waals surface area contributed by atoms with Crippen molar-refractivity contribution in [2.75, 3.05) is 13.2 Å². The van der Waals surface area contributed by atoms with E-state index in [4.69, 9.17) is 9.47 Å². The quantitative estimate of drug-likeness (QED) is 0.264. The van der Waals surface area contributed by atoms with Crippen LogP contribution in [0.4, 0.5) is 8.78 Å². The van der Waals surface area contributed by atoms with Crippen LogP contribution in [0.5, 0.6) is 11.5 Å². The standard InChI is InChI=1S/C25H36F2N2O2/c1-3-5-6-7-9-22(27)15-17-31-24-18-28-25(29-19-24)20-10-12-23(13-11-20)30-16-14-21(26)8-4-2/h10-13,18-19,21-22H,3-9,14-17H2,1-2H3/t21-,22-/m0/s1. The van der Waals surface area contributed by atoms with Crippen LogP contribution in [-0.4, -0.2) is 35.5 Å². The van der Waals surface area contributed by atoms with Crippen LogP contribution in [0.3, 0.4) is 0 Å². The first kappa shape index (κ1) is 25.0. The molecule has 0 aliphatic carbocycles. The molecule has 0 unspecified atom stereocenters. The number of ether oxygens (including phenoxy) is 2. The maximum absolute atomic E-state index is 13.9. The van der Waals surface area contributed by atoms with Crippen molar-refractivity contribution in [2.24, 2.45) is 0 Å². The van der Waals surface area contributed by atoms with Crippen LogP contribution < -0.4 is 9.47 Å². The number of alkyl halides is 2. The zero-order valence-electron chi connectivity index (χ0n) is 18.9. The monoisotopic (exact) mass is 434 g/mol. The molecule has 0 amide bonds. The number of halogens is 2. The van der Waals surface area contributed by atoms with Gasteiger partial charge in [0, 0.05) is 18.4 Å². The van der Waals surface area contributed by atoms with Crippen LogP contribution in [0.15, 0.2) is 36.7 Å². The van der Waals surface area contributed by atoms with Crippen molar-refractivity contribution in [3.8, 4) is 22.9 Å². The lowest BCUT2D eigenvalue weighted by molar-refractivity contribution is 0.221. The Hall–Kier alpha value is -2.24. The largest absolute Gasteiger partial charge is 0.493 e. The average Bonchev–Trinajstić information content (AvgIpc) is 2.78. The number of rotatable bonds is 16. The first-order valence-electron chi connectivity index (χ1n) is 11.6. The molecule has 0 saturated heterocycles. The van der Waals surface area contributed by atoms with Gasteiger partial charge in [0.15, 0.2) is 11.6 Å². The Morgan fingerprint density at radius 3 is 1.94 bits per heavy atom. The van der Waals surface area contributed by atoms with Crippen molar-refractivity contribution in [3.63, 3.8) is 0 Å². The summed E-state index contributed by atoms with van der Waals surface area (Å²) in [5.41, 5.74) is 0.851. The van der Waals surface area contributed by atoms with Crippen molar-refractivity contribution in [1.82, 2.24) is 9.97 Å². The van der Waals surface area contributed by atoms with E-state index in [1.54, 1.807) is 12.4 Å². The molecule has 0 saturated carbocycles. The first-order valence-corrected chi connectivity index (χ1v) is 11.6. The molecule has 2 rings (SSSR count). The van der Waals surface area contributed by atoms with Gasteiger partial charge in [-0.15, -0.1) is 0 Å². The molecular formula is C25H36F2N2O2. The lowest BCUT2D eigenvalue weighted by Crippen LogP contribution is -2.08. The Kier molecular flexibility index (Phi) is 11.9. The van der Waals surface area contributed by atoms with Crippen LogP contribution in [0.1, 0.15) is 71.6 Å². The average molecular weight is 435 g/mol. The first-order chi connectivity index (χ1) is 15.1. The lowest BCUT2D eigenvalue weighted by Gasteiger charge is -2.10. The van der Waals surface area contributed by atoms with E-state index in [0.29, 0.717) is 56.2 Å². The Balaban J connectivity index is 1.72. The molecule has 0 aliphatic heterocycles. The SMILES string of the molecule is CCCCCC[C@H](F)CCOc1cnc(-c2ccc(OCC[C@@H](F)CCC)cc2)nc1. The Morgan fingerprint density at radius 1 is 0.710 bits per heavy atom. The van der Waals surface area contributed by atoms with Gasteiger partial charge in [0.05, 0.1) is 25.6 Å². The number of benzene rings is 1. The summed E-state index contributed by atoms with van der Waals surface area (Å²) in [6, 6.07) is 7.41. The van der Waals surface area contributed by atoms with Gasteiger partial charge in [-0.05, 0) is 37.1 Å². The van der Waals surface area contributed by atoms with Gasteiger partial charge in [-0.3, -0.25) is 0 Å². The molecular weight excluding hydrogens is 398 g/mol. The molecule has 4 nitrogen and oxygen atoms in total. The van der Waals surface area contributed by atoms with E-state index in [2.05, 4.69) is 16.9 Å². The number of aromatic nitrogens is 2. The van der Waals surface area contributed by atoms with Crippen LogP contribution in [0.2, 0.25) is 0 Å². The summed E-state index contributed by atoms with van der Waals surface area (Å²) in [6.45, 7) is 4.81. The maximum Gasteiger partial charge on any atom is 0.159 e. The van der Waals surface area contributed by atoms with Crippen LogP contribution >= 0.6 is 0 Å². The van der Waals surface area contributed by atoms with E-state index in [1.807, 2.05) is 31.2 Å². The summed E-state index contributed by atoms with van der Waals surface area (Å²) < 4.78 is 38.5. The molecule has 6 heteroatoms. The molecule has 1 aromatic heterocycles.